The summed E-state index contributed by atoms with van der Waals surface area (Å²) >= 11 is 9.69. The zero-order chi connectivity index (χ0) is 13.8. The van der Waals surface area contributed by atoms with Crippen molar-refractivity contribution in [3.8, 4) is 0 Å². The molecule has 1 aromatic carbocycles. The predicted octanol–water partition coefficient (Wildman–Crippen LogP) is 4.02. The fourth-order valence-electron chi connectivity index (χ4n) is 2.53. The summed E-state index contributed by atoms with van der Waals surface area (Å²) in [4.78, 5) is 2.53. The van der Waals surface area contributed by atoms with Gasteiger partial charge in [-0.2, -0.15) is 0 Å². The van der Waals surface area contributed by atoms with Gasteiger partial charge in [-0.15, -0.1) is 6.58 Å². The van der Waals surface area contributed by atoms with Crippen molar-refractivity contribution < 1.29 is 0 Å². The number of hydrogen-bond donors (Lipinski definition) is 1. The third-order valence-electron chi connectivity index (χ3n) is 3.46. The molecule has 1 heterocycles. The molecular formula is C15H20BrClN2. The second-order valence-corrected chi connectivity index (χ2v) is 6.42. The fourth-order valence-corrected chi connectivity index (χ4v) is 3.48. The molecule has 19 heavy (non-hydrogen) atoms. The van der Waals surface area contributed by atoms with Gasteiger partial charge in [0.25, 0.3) is 0 Å². The Hall–Kier alpha value is -0.350. The van der Waals surface area contributed by atoms with Crippen LogP contribution in [0.4, 0.5) is 0 Å². The summed E-state index contributed by atoms with van der Waals surface area (Å²) in [6.07, 6.45) is 0.986. The van der Waals surface area contributed by atoms with Crippen LogP contribution in [0.1, 0.15) is 24.9 Å². The molecule has 0 radical (unpaired) electrons. The molecule has 1 saturated heterocycles. The maximum Gasteiger partial charge on any atom is 0.0417 e. The van der Waals surface area contributed by atoms with Crippen LogP contribution in [0.3, 0.4) is 0 Å². The quantitative estimate of drug-likeness (QED) is 0.831. The van der Waals surface area contributed by atoms with E-state index in [0.29, 0.717) is 6.04 Å². The fraction of sp³-hybridized carbons (Fsp3) is 0.467. The highest BCUT2D eigenvalue weighted by Gasteiger charge is 2.23. The van der Waals surface area contributed by atoms with Crippen LogP contribution in [0.25, 0.3) is 0 Å². The first-order valence-corrected chi connectivity index (χ1v) is 7.79. The van der Waals surface area contributed by atoms with Crippen molar-refractivity contribution in [3.63, 3.8) is 0 Å². The molecule has 1 N–H and O–H groups in total. The van der Waals surface area contributed by atoms with Crippen molar-refractivity contribution in [2.45, 2.75) is 19.4 Å². The zero-order valence-electron chi connectivity index (χ0n) is 11.3. The summed E-state index contributed by atoms with van der Waals surface area (Å²) in [5.41, 5.74) is 2.51. The molecular weight excluding hydrogens is 324 g/mol. The number of benzene rings is 1. The van der Waals surface area contributed by atoms with Crippen LogP contribution >= 0.6 is 27.5 Å². The molecule has 4 heteroatoms. The normalized spacial score (nSPS) is 18.3. The molecule has 2 nitrogen and oxygen atoms in total. The van der Waals surface area contributed by atoms with Crippen molar-refractivity contribution in [2.24, 2.45) is 0 Å². The number of hydrogen-bond acceptors (Lipinski definition) is 2. The second kappa shape index (κ2) is 6.89. The minimum Gasteiger partial charge on any atom is -0.314 e. The molecule has 1 aliphatic rings. The van der Waals surface area contributed by atoms with E-state index in [1.54, 1.807) is 0 Å². The van der Waals surface area contributed by atoms with Gasteiger partial charge >= 0.3 is 0 Å². The first-order valence-electron chi connectivity index (χ1n) is 6.62. The van der Waals surface area contributed by atoms with Crippen molar-refractivity contribution in [1.29, 1.82) is 0 Å². The summed E-state index contributed by atoms with van der Waals surface area (Å²) in [7, 11) is 0. The van der Waals surface area contributed by atoms with E-state index in [0.717, 1.165) is 42.1 Å². The van der Waals surface area contributed by atoms with E-state index in [1.165, 1.54) is 11.1 Å². The van der Waals surface area contributed by atoms with E-state index in [2.05, 4.69) is 45.7 Å². The Morgan fingerprint density at radius 3 is 2.74 bits per heavy atom. The van der Waals surface area contributed by atoms with Crippen LogP contribution < -0.4 is 5.32 Å². The van der Waals surface area contributed by atoms with Crippen molar-refractivity contribution >= 4 is 27.5 Å². The molecule has 0 bridgehead atoms. The van der Waals surface area contributed by atoms with Crippen LogP contribution in [0.2, 0.25) is 5.02 Å². The van der Waals surface area contributed by atoms with Crippen molar-refractivity contribution in [1.82, 2.24) is 10.2 Å². The molecule has 1 aliphatic heterocycles. The molecule has 1 aromatic rings. The molecule has 1 fully saturated rings. The van der Waals surface area contributed by atoms with E-state index in [-0.39, 0.29) is 0 Å². The van der Waals surface area contributed by atoms with Gasteiger partial charge in [0.05, 0.1) is 0 Å². The van der Waals surface area contributed by atoms with Gasteiger partial charge in [0.2, 0.25) is 0 Å². The zero-order valence-corrected chi connectivity index (χ0v) is 13.6. The van der Waals surface area contributed by atoms with Crippen LogP contribution in [-0.4, -0.2) is 31.1 Å². The highest BCUT2D eigenvalue weighted by atomic mass is 79.9. The topological polar surface area (TPSA) is 15.3 Å². The lowest BCUT2D eigenvalue weighted by molar-refractivity contribution is 0.172. The number of halogens is 2. The molecule has 1 atom stereocenters. The lowest BCUT2D eigenvalue weighted by Crippen LogP contribution is -2.45. The molecule has 0 saturated carbocycles. The largest absolute Gasteiger partial charge is 0.314 e. The van der Waals surface area contributed by atoms with Crippen molar-refractivity contribution in [2.75, 3.05) is 26.2 Å². The van der Waals surface area contributed by atoms with Gasteiger partial charge in [-0.1, -0.05) is 39.2 Å². The molecule has 104 valence electrons. The summed E-state index contributed by atoms with van der Waals surface area (Å²) in [6.45, 7) is 10.4. The molecule has 0 aromatic heterocycles. The highest BCUT2D eigenvalue weighted by Crippen LogP contribution is 2.34. The van der Waals surface area contributed by atoms with Gasteiger partial charge in [-0.05, 0) is 31.0 Å². The van der Waals surface area contributed by atoms with Crippen LogP contribution in [0.5, 0.6) is 0 Å². The minimum absolute atomic E-state index is 0.381. The summed E-state index contributed by atoms with van der Waals surface area (Å²) in [6, 6.07) is 6.45. The van der Waals surface area contributed by atoms with Gasteiger partial charge in [-0.3, -0.25) is 4.90 Å². The smallest absolute Gasteiger partial charge is 0.0417 e. The number of rotatable bonds is 4. The van der Waals surface area contributed by atoms with Gasteiger partial charge in [0.1, 0.15) is 0 Å². The Morgan fingerprint density at radius 2 is 2.16 bits per heavy atom. The Kier molecular flexibility index (Phi) is 5.46. The molecule has 0 aliphatic carbocycles. The van der Waals surface area contributed by atoms with E-state index in [4.69, 9.17) is 11.6 Å². The average Bonchev–Trinajstić information content (AvgIpc) is 2.37. The summed E-state index contributed by atoms with van der Waals surface area (Å²) < 4.78 is 1.09. The van der Waals surface area contributed by atoms with Gasteiger partial charge in [-0.25, -0.2) is 0 Å². The summed E-state index contributed by atoms with van der Waals surface area (Å²) in [5, 5.41) is 4.17. The van der Waals surface area contributed by atoms with Crippen LogP contribution in [0.15, 0.2) is 34.8 Å². The monoisotopic (exact) mass is 342 g/mol. The third-order valence-corrected chi connectivity index (χ3v) is 4.38. The Labute approximate surface area is 129 Å². The Bertz CT molecular complexity index is 455. The lowest BCUT2D eigenvalue weighted by atomic mass is 9.98. The molecule has 0 spiro atoms. The predicted molar refractivity (Wildman–Crippen MR) is 85.8 cm³/mol. The van der Waals surface area contributed by atoms with Crippen molar-refractivity contribution in [3.05, 3.63) is 45.4 Å². The minimum atomic E-state index is 0.381. The maximum absolute atomic E-state index is 6.04. The Balaban J connectivity index is 2.27. The lowest BCUT2D eigenvalue weighted by Gasteiger charge is -2.36. The molecule has 2 rings (SSSR count). The highest BCUT2D eigenvalue weighted by molar-refractivity contribution is 9.10. The van der Waals surface area contributed by atoms with Gasteiger partial charge in [0.15, 0.2) is 0 Å². The Morgan fingerprint density at radius 1 is 1.47 bits per heavy atom. The average molecular weight is 344 g/mol. The van der Waals surface area contributed by atoms with E-state index >= 15 is 0 Å². The van der Waals surface area contributed by atoms with E-state index in [1.807, 2.05) is 12.1 Å². The second-order valence-electron chi connectivity index (χ2n) is 5.13. The summed E-state index contributed by atoms with van der Waals surface area (Å²) in [5.74, 6) is 0. The number of piperazine rings is 1. The maximum atomic E-state index is 6.04. The van der Waals surface area contributed by atoms with Crippen LogP contribution in [0, 0.1) is 0 Å². The van der Waals surface area contributed by atoms with E-state index < -0.39 is 0 Å². The standard InChI is InChI=1S/C15H20BrClN2/c1-11(2)9-15(19-7-5-18-6-8-19)13-4-3-12(17)10-14(13)16/h3-4,10,15,18H,1,5-9H2,2H3/t15-/m1/s1. The number of nitrogens with one attached hydrogen (secondary N) is 1. The van der Waals surface area contributed by atoms with Gasteiger partial charge < -0.3 is 5.32 Å². The third kappa shape index (κ3) is 4.06. The SMILES string of the molecule is C=C(C)C[C@H](c1ccc(Cl)cc1Br)N1CCNCC1. The van der Waals surface area contributed by atoms with Crippen LogP contribution in [-0.2, 0) is 0 Å². The molecule has 0 unspecified atom stereocenters. The van der Waals surface area contributed by atoms with E-state index in [9.17, 15) is 0 Å². The number of nitrogens with zero attached hydrogens (tertiary/aromatic N) is 1. The van der Waals surface area contributed by atoms with Gasteiger partial charge in [0, 0.05) is 41.7 Å². The first kappa shape index (κ1) is 15.0. The molecule has 0 amide bonds. The first-order chi connectivity index (χ1) is 9.08.